The molecule has 0 amide bonds. The fourth-order valence-corrected chi connectivity index (χ4v) is 3.76. The number of benzene rings is 2. The van der Waals surface area contributed by atoms with Crippen molar-refractivity contribution in [3.63, 3.8) is 0 Å². The summed E-state index contributed by atoms with van der Waals surface area (Å²) in [6.07, 6.45) is 1.88. The van der Waals surface area contributed by atoms with Crippen LogP contribution in [0.25, 0.3) is 10.9 Å². The molecule has 0 spiro atoms. The molecule has 0 atom stereocenters. The standard InChI is InChI=1S/C24H24FN3/c1-17-18(2)28(15-19-7-5-4-6-8-19)24-22(17)13-14-26-23(24)16-27(3)21-11-9-20(25)10-12-21/h4-14H,15-16H2,1-3H3. The van der Waals surface area contributed by atoms with Crippen LogP contribution >= 0.6 is 0 Å². The Kier molecular flexibility index (Phi) is 4.86. The Morgan fingerprint density at radius 2 is 1.68 bits per heavy atom. The molecule has 0 bridgehead atoms. The Balaban J connectivity index is 1.76. The highest BCUT2D eigenvalue weighted by Gasteiger charge is 2.16. The normalized spacial score (nSPS) is 11.1. The Morgan fingerprint density at radius 1 is 0.964 bits per heavy atom. The zero-order valence-electron chi connectivity index (χ0n) is 16.5. The van der Waals surface area contributed by atoms with E-state index in [4.69, 9.17) is 4.98 Å². The first kappa shape index (κ1) is 18.2. The van der Waals surface area contributed by atoms with Crippen molar-refractivity contribution in [1.29, 1.82) is 0 Å². The first-order chi connectivity index (χ1) is 13.5. The molecule has 0 unspecified atom stereocenters. The van der Waals surface area contributed by atoms with Gasteiger partial charge in [0.2, 0.25) is 0 Å². The third-order valence-electron chi connectivity index (χ3n) is 5.46. The molecule has 0 fully saturated rings. The van der Waals surface area contributed by atoms with Crippen LogP contribution in [0.3, 0.4) is 0 Å². The lowest BCUT2D eigenvalue weighted by Gasteiger charge is -2.20. The molecule has 0 aliphatic heterocycles. The van der Waals surface area contributed by atoms with Crippen molar-refractivity contribution < 1.29 is 4.39 Å². The molecule has 0 aliphatic rings. The topological polar surface area (TPSA) is 21.1 Å². The quantitative estimate of drug-likeness (QED) is 0.462. The number of hydrogen-bond acceptors (Lipinski definition) is 2. The molecule has 4 aromatic rings. The highest BCUT2D eigenvalue weighted by Crippen LogP contribution is 2.29. The lowest BCUT2D eigenvalue weighted by atomic mass is 10.1. The van der Waals surface area contributed by atoms with Gasteiger partial charge in [-0.3, -0.25) is 4.98 Å². The summed E-state index contributed by atoms with van der Waals surface area (Å²) in [7, 11) is 2.01. The molecule has 0 aliphatic carbocycles. The predicted octanol–water partition coefficient (Wildman–Crippen LogP) is 5.48. The zero-order chi connectivity index (χ0) is 19.7. The molecule has 2 aromatic heterocycles. The molecule has 0 N–H and O–H groups in total. The van der Waals surface area contributed by atoms with E-state index in [2.05, 4.69) is 53.6 Å². The third kappa shape index (κ3) is 3.38. The molecule has 2 heterocycles. The van der Waals surface area contributed by atoms with Crippen molar-refractivity contribution in [2.45, 2.75) is 26.9 Å². The summed E-state index contributed by atoms with van der Waals surface area (Å²) in [5, 5.41) is 1.24. The van der Waals surface area contributed by atoms with Gasteiger partial charge in [-0.05, 0) is 55.3 Å². The van der Waals surface area contributed by atoms with Gasteiger partial charge in [0.25, 0.3) is 0 Å². The van der Waals surface area contributed by atoms with Crippen LogP contribution in [0.1, 0.15) is 22.5 Å². The van der Waals surface area contributed by atoms with Gasteiger partial charge in [0.15, 0.2) is 0 Å². The smallest absolute Gasteiger partial charge is 0.123 e. The number of hydrogen-bond donors (Lipinski definition) is 0. The number of aryl methyl sites for hydroxylation is 1. The fourth-order valence-electron chi connectivity index (χ4n) is 3.76. The highest BCUT2D eigenvalue weighted by molar-refractivity contribution is 5.87. The van der Waals surface area contributed by atoms with Crippen molar-refractivity contribution in [2.75, 3.05) is 11.9 Å². The maximum Gasteiger partial charge on any atom is 0.123 e. The van der Waals surface area contributed by atoms with Gasteiger partial charge in [-0.25, -0.2) is 4.39 Å². The summed E-state index contributed by atoms with van der Waals surface area (Å²) >= 11 is 0. The molecule has 28 heavy (non-hydrogen) atoms. The molecule has 4 heteroatoms. The van der Waals surface area contributed by atoms with E-state index in [1.807, 2.05) is 19.3 Å². The first-order valence-electron chi connectivity index (χ1n) is 9.48. The van der Waals surface area contributed by atoms with Crippen LogP contribution in [0.2, 0.25) is 0 Å². The molecule has 3 nitrogen and oxygen atoms in total. The van der Waals surface area contributed by atoms with Gasteiger partial charge in [0.1, 0.15) is 5.82 Å². The van der Waals surface area contributed by atoms with Gasteiger partial charge in [0.05, 0.1) is 17.8 Å². The molecule has 0 saturated heterocycles. The fraction of sp³-hybridized carbons (Fsp3) is 0.208. The molecule has 142 valence electrons. The van der Waals surface area contributed by atoms with E-state index in [0.717, 1.165) is 17.9 Å². The lowest BCUT2D eigenvalue weighted by Crippen LogP contribution is -2.18. The number of aromatic nitrogens is 2. The Morgan fingerprint density at radius 3 is 2.39 bits per heavy atom. The number of halogens is 1. The SMILES string of the molecule is Cc1c(C)n(Cc2ccccc2)c2c(CN(C)c3ccc(F)cc3)nccc12. The highest BCUT2D eigenvalue weighted by atomic mass is 19.1. The van der Waals surface area contributed by atoms with E-state index >= 15 is 0 Å². The van der Waals surface area contributed by atoms with Crippen LogP contribution in [-0.2, 0) is 13.1 Å². The van der Waals surface area contributed by atoms with Crippen molar-refractivity contribution >= 4 is 16.6 Å². The van der Waals surface area contributed by atoms with Gasteiger partial charge in [-0.2, -0.15) is 0 Å². The van der Waals surface area contributed by atoms with Gasteiger partial charge >= 0.3 is 0 Å². The number of anilines is 1. The molecule has 4 rings (SSSR count). The maximum atomic E-state index is 13.3. The van der Waals surface area contributed by atoms with Crippen molar-refractivity contribution in [3.05, 3.63) is 95.2 Å². The second-order valence-electron chi connectivity index (χ2n) is 7.27. The molecule has 0 saturated carbocycles. The number of fused-ring (bicyclic) bond motifs is 1. The largest absolute Gasteiger partial charge is 0.369 e. The average molecular weight is 373 g/mol. The van der Waals surface area contributed by atoms with E-state index in [-0.39, 0.29) is 5.82 Å². The third-order valence-corrected chi connectivity index (χ3v) is 5.46. The van der Waals surface area contributed by atoms with E-state index < -0.39 is 0 Å². The van der Waals surface area contributed by atoms with Crippen LogP contribution in [-0.4, -0.2) is 16.6 Å². The van der Waals surface area contributed by atoms with E-state index in [9.17, 15) is 4.39 Å². The van der Waals surface area contributed by atoms with E-state index in [0.29, 0.717) is 6.54 Å². The van der Waals surface area contributed by atoms with Crippen LogP contribution in [0.5, 0.6) is 0 Å². The summed E-state index contributed by atoms with van der Waals surface area (Å²) in [4.78, 5) is 6.81. The molecular formula is C24H24FN3. The minimum absolute atomic E-state index is 0.222. The van der Waals surface area contributed by atoms with Crippen LogP contribution in [0, 0.1) is 19.7 Å². The molecular weight excluding hydrogens is 349 g/mol. The van der Waals surface area contributed by atoms with E-state index in [1.54, 1.807) is 12.1 Å². The maximum absolute atomic E-state index is 13.3. The Labute approximate surface area is 165 Å². The first-order valence-corrected chi connectivity index (χ1v) is 9.48. The van der Waals surface area contributed by atoms with Crippen molar-refractivity contribution in [3.8, 4) is 0 Å². The second-order valence-corrected chi connectivity index (χ2v) is 7.27. The number of rotatable bonds is 5. The summed E-state index contributed by atoms with van der Waals surface area (Å²) in [6.45, 7) is 5.81. The van der Waals surface area contributed by atoms with Gasteiger partial charge in [-0.1, -0.05) is 30.3 Å². The van der Waals surface area contributed by atoms with Crippen molar-refractivity contribution in [1.82, 2.24) is 9.55 Å². The van der Waals surface area contributed by atoms with Crippen LogP contribution in [0.4, 0.5) is 10.1 Å². The minimum atomic E-state index is -0.222. The van der Waals surface area contributed by atoms with Crippen molar-refractivity contribution in [2.24, 2.45) is 0 Å². The molecule has 2 aromatic carbocycles. The summed E-state index contributed by atoms with van der Waals surface area (Å²) < 4.78 is 15.6. The van der Waals surface area contributed by atoms with Crippen LogP contribution in [0.15, 0.2) is 66.9 Å². The summed E-state index contributed by atoms with van der Waals surface area (Å²) in [5.41, 5.74) is 6.99. The predicted molar refractivity (Wildman–Crippen MR) is 113 cm³/mol. The average Bonchev–Trinajstić information content (AvgIpc) is 2.95. The zero-order valence-corrected chi connectivity index (χ0v) is 16.5. The summed E-state index contributed by atoms with van der Waals surface area (Å²) in [5.74, 6) is -0.222. The number of pyridine rings is 1. The van der Waals surface area contributed by atoms with Gasteiger partial charge in [-0.15, -0.1) is 0 Å². The van der Waals surface area contributed by atoms with Crippen LogP contribution < -0.4 is 4.90 Å². The minimum Gasteiger partial charge on any atom is -0.369 e. The lowest BCUT2D eigenvalue weighted by molar-refractivity contribution is 0.627. The molecule has 0 radical (unpaired) electrons. The second kappa shape index (κ2) is 7.47. The monoisotopic (exact) mass is 373 g/mol. The van der Waals surface area contributed by atoms with E-state index in [1.165, 1.54) is 39.9 Å². The Bertz CT molecular complexity index is 1100. The summed E-state index contributed by atoms with van der Waals surface area (Å²) in [6, 6.07) is 19.2. The van der Waals surface area contributed by atoms with Gasteiger partial charge < -0.3 is 9.47 Å². The Hall–Kier alpha value is -3.14. The number of nitrogens with zero attached hydrogens (tertiary/aromatic N) is 3. The van der Waals surface area contributed by atoms with Gasteiger partial charge in [0, 0.05) is 36.6 Å².